The number of benzene rings is 1. The molecule has 0 saturated heterocycles. The van der Waals surface area contributed by atoms with Crippen LogP contribution in [0.3, 0.4) is 0 Å². The van der Waals surface area contributed by atoms with Crippen molar-refractivity contribution in [3.8, 4) is 0 Å². The van der Waals surface area contributed by atoms with E-state index in [1.165, 1.54) is 11.1 Å². The summed E-state index contributed by atoms with van der Waals surface area (Å²) in [5.74, 6) is 0. The molecule has 0 aliphatic heterocycles. The van der Waals surface area contributed by atoms with Crippen LogP contribution in [0, 0.1) is 0 Å². The van der Waals surface area contributed by atoms with E-state index in [4.69, 9.17) is 0 Å². The fraction of sp³-hybridized carbons (Fsp3) is 0.200. The first kappa shape index (κ1) is 7.07. The molecule has 1 aromatic carbocycles. The SMILES string of the molecule is C.C1=Cc2ccccc2C1. The molecule has 0 nitrogen and oxygen atoms in total. The van der Waals surface area contributed by atoms with Gasteiger partial charge in [0.25, 0.3) is 0 Å². The standard InChI is InChI=1S/C9H8.CH4/c1-2-5-9-7-3-6-8(9)4-1;/h1-6H,7H2;1H4. The first-order valence-corrected chi connectivity index (χ1v) is 3.21. The minimum Gasteiger partial charge on any atom is -0.0795 e. The van der Waals surface area contributed by atoms with E-state index in [0.29, 0.717) is 0 Å². The fourth-order valence-corrected chi connectivity index (χ4v) is 1.20. The molecule has 1 aliphatic rings. The van der Waals surface area contributed by atoms with E-state index in [0.717, 1.165) is 6.42 Å². The maximum Gasteiger partial charge on any atom is -0.00882 e. The Kier molecular flexibility index (Phi) is 1.91. The minimum atomic E-state index is 0. The Labute approximate surface area is 62.2 Å². The highest BCUT2D eigenvalue weighted by molar-refractivity contribution is 5.59. The van der Waals surface area contributed by atoms with Crippen LogP contribution in [0.25, 0.3) is 6.08 Å². The molecule has 0 N–H and O–H groups in total. The van der Waals surface area contributed by atoms with Gasteiger partial charge in [-0.3, -0.25) is 0 Å². The van der Waals surface area contributed by atoms with Crippen LogP contribution in [-0.4, -0.2) is 0 Å². The predicted octanol–water partition coefficient (Wildman–Crippen LogP) is 2.89. The van der Waals surface area contributed by atoms with Crippen LogP contribution in [-0.2, 0) is 6.42 Å². The number of hydrogen-bond acceptors (Lipinski definition) is 0. The van der Waals surface area contributed by atoms with Gasteiger partial charge in [-0.15, -0.1) is 0 Å². The molecule has 0 atom stereocenters. The zero-order valence-electron chi connectivity index (χ0n) is 5.17. The Hall–Kier alpha value is -1.04. The molecule has 1 aromatic rings. The van der Waals surface area contributed by atoms with Crippen molar-refractivity contribution in [3.63, 3.8) is 0 Å². The van der Waals surface area contributed by atoms with E-state index < -0.39 is 0 Å². The zero-order chi connectivity index (χ0) is 6.10. The van der Waals surface area contributed by atoms with Gasteiger partial charge in [-0.25, -0.2) is 0 Å². The van der Waals surface area contributed by atoms with Gasteiger partial charge < -0.3 is 0 Å². The maximum absolute atomic E-state index is 2.20. The molecule has 0 amide bonds. The molecule has 0 radical (unpaired) electrons. The molecular formula is C10H12. The molecular weight excluding hydrogens is 120 g/mol. The molecule has 0 heteroatoms. The molecule has 0 bridgehead atoms. The highest BCUT2D eigenvalue weighted by Crippen LogP contribution is 2.17. The Bertz CT molecular complexity index is 246. The lowest BCUT2D eigenvalue weighted by molar-refractivity contribution is 1.31. The van der Waals surface area contributed by atoms with Crippen LogP contribution in [0.4, 0.5) is 0 Å². The summed E-state index contributed by atoms with van der Waals surface area (Å²) in [7, 11) is 0. The van der Waals surface area contributed by atoms with Crippen LogP contribution in [0.1, 0.15) is 18.6 Å². The molecule has 2 rings (SSSR count). The lowest BCUT2D eigenvalue weighted by Gasteiger charge is -1.93. The van der Waals surface area contributed by atoms with Gasteiger partial charge in [0.15, 0.2) is 0 Å². The average Bonchev–Trinajstić information content (AvgIpc) is 2.33. The van der Waals surface area contributed by atoms with Crippen molar-refractivity contribution < 1.29 is 0 Å². The summed E-state index contributed by atoms with van der Waals surface area (Å²) in [5, 5.41) is 0. The van der Waals surface area contributed by atoms with Gasteiger partial charge in [0.05, 0.1) is 0 Å². The van der Waals surface area contributed by atoms with Crippen LogP contribution >= 0.6 is 0 Å². The highest BCUT2D eigenvalue weighted by atomic mass is 14.0. The molecule has 10 heavy (non-hydrogen) atoms. The highest BCUT2D eigenvalue weighted by Gasteiger charge is 2.00. The normalized spacial score (nSPS) is 12.4. The number of rotatable bonds is 0. The molecule has 0 fully saturated rings. The van der Waals surface area contributed by atoms with Gasteiger partial charge in [-0.2, -0.15) is 0 Å². The maximum atomic E-state index is 2.20. The van der Waals surface area contributed by atoms with Gasteiger partial charge in [0.2, 0.25) is 0 Å². The summed E-state index contributed by atoms with van der Waals surface area (Å²) in [6.45, 7) is 0. The number of fused-ring (bicyclic) bond motifs is 1. The largest absolute Gasteiger partial charge is 0.0795 e. The van der Waals surface area contributed by atoms with Gasteiger partial charge in [0, 0.05) is 0 Å². The second-order valence-corrected chi connectivity index (χ2v) is 2.31. The zero-order valence-corrected chi connectivity index (χ0v) is 5.17. The lowest BCUT2D eigenvalue weighted by atomic mass is 10.1. The topological polar surface area (TPSA) is 0 Å². The summed E-state index contributed by atoms with van der Waals surface area (Å²) < 4.78 is 0. The van der Waals surface area contributed by atoms with E-state index in [1.807, 2.05) is 0 Å². The van der Waals surface area contributed by atoms with Gasteiger partial charge in [-0.1, -0.05) is 43.8 Å². The predicted molar refractivity (Wildman–Crippen MR) is 45.9 cm³/mol. The summed E-state index contributed by atoms with van der Waals surface area (Å²) >= 11 is 0. The summed E-state index contributed by atoms with van der Waals surface area (Å²) in [4.78, 5) is 0. The van der Waals surface area contributed by atoms with E-state index in [9.17, 15) is 0 Å². The van der Waals surface area contributed by atoms with Crippen molar-refractivity contribution in [2.45, 2.75) is 13.8 Å². The van der Waals surface area contributed by atoms with Crippen LogP contribution < -0.4 is 0 Å². The van der Waals surface area contributed by atoms with Crippen molar-refractivity contribution in [1.29, 1.82) is 0 Å². The number of allylic oxidation sites excluding steroid dienone is 1. The molecule has 52 valence electrons. The Morgan fingerprint density at radius 3 is 2.70 bits per heavy atom. The van der Waals surface area contributed by atoms with Crippen molar-refractivity contribution >= 4 is 6.08 Å². The Morgan fingerprint density at radius 1 is 1.10 bits per heavy atom. The lowest BCUT2D eigenvalue weighted by Crippen LogP contribution is -1.76. The molecule has 0 saturated carbocycles. The Morgan fingerprint density at radius 2 is 1.90 bits per heavy atom. The van der Waals surface area contributed by atoms with Crippen molar-refractivity contribution in [2.24, 2.45) is 0 Å². The first-order valence-electron chi connectivity index (χ1n) is 3.21. The quantitative estimate of drug-likeness (QED) is 0.509. The Balaban J connectivity index is 0.000000500. The monoisotopic (exact) mass is 132 g/mol. The van der Waals surface area contributed by atoms with Crippen molar-refractivity contribution in [3.05, 3.63) is 41.5 Å². The molecule has 0 aromatic heterocycles. The molecule has 1 aliphatic carbocycles. The smallest absolute Gasteiger partial charge is 0.00882 e. The van der Waals surface area contributed by atoms with E-state index in [1.54, 1.807) is 0 Å². The van der Waals surface area contributed by atoms with Gasteiger partial charge in [-0.05, 0) is 17.5 Å². The van der Waals surface area contributed by atoms with Gasteiger partial charge in [0.1, 0.15) is 0 Å². The summed E-state index contributed by atoms with van der Waals surface area (Å²) in [5.41, 5.74) is 2.84. The van der Waals surface area contributed by atoms with Crippen LogP contribution in [0.5, 0.6) is 0 Å². The third-order valence-corrected chi connectivity index (χ3v) is 1.69. The third kappa shape index (κ3) is 0.971. The fourth-order valence-electron chi connectivity index (χ4n) is 1.20. The van der Waals surface area contributed by atoms with Crippen LogP contribution in [0.15, 0.2) is 30.3 Å². The van der Waals surface area contributed by atoms with E-state index >= 15 is 0 Å². The average molecular weight is 132 g/mol. The van der Waals surface area contributed by atoms with Crippen molar-refractivity contribution in [2.75, 3.05) is 0 Å². The minimum absolute atomic E-state index is 0. The second-order valence-electron chi connectivity index (χ2n) is 2.31. The third-order valence-electron chi connectivity index (χ3n) is 1.69. The summed E-state index contributed by atoms with van der Waals surface area (Å²) in [6, 6.07) is 8.49. The molecule has 0 spiro atoms. The summed E-state index contributed by atoms with van der Waals surface area (Å²) in [6.07, 6.45) is 5.50. The second kappa shape index (κ2) is 2.70. The number of hydrogen-bond donors (Lipinski definition) is 0. The van der Waals surface area contributed by atoms with E-state index in [-0.39, 0.29) is 7.43 Å². The van der Waals surface area contributed by atoms with Gasteiger partial charge >= 0.3 is 0 Å². The molecule has 0 heterocycles. The molecule has 0 unspecified atom stereocenters. The van der Waals surface area contributed by atoms with Crippen molar-refractivity contribution in [1.82, 2.24) is 0 Å². The van der Waals surface area contributed by atoms with Crippen LogP contribution in [0.2, 0.25) is 0 Å². The first-order chi connectivity index (χ1) is 4.47. The van der Waals surface area contributed by atoms with E-state index in [2.05, 4.69) is 36.4 Å².